The summed E-state index contributed by atoms with van der Waals surface area (Å²) in [6.45, 7) is 4.85. The first-order valence-corrected chi connectivity index (χ1v) is 7.94. The Morgan fingerprint density at radius 3 is 3.00 bits per heavy atom. The zero-order valence-electron chi connectivity index (χ0n) is 13.8. The summed E-state index contributed by atoms with van der Waals surface area (Å²) >= 11 is 0. The topological polar surface area (TPSA) is 90.1 Å². The summed E-state index contributed by atoms with van der Waals surface area (Å²) in [5.74, 6) is -0.146. The molecule has 0 unspecified atom stereocenters. The molecule has 2 heterocycles. The zero-order valence-corrected chi connectivity index (χ0v) is 13.8. The highest BCUT2D eigenvalue weighted by molar-refractivity contribution is 5.95. The second-order valence-electron chi connectivity index (χ2n) is 6.03. The minimum Gasteiger partial charge on any atom is -0.353 e. The van der Waals surface area contributed by atoms with Crippen molar-refractivity contribution >= 4 is 17.6 Å². The molecule has 24 heavy (non-hydrogen) atoms. The monoisotopic (exact) mass is 327 g/mol. The SMILES string of the molecule is Cc1ccc(C)c(NC(=O)N2CCNC(=O)[C@@H]2Cc2cnc[nH]2)c1. The number of nitrogens with one attached hydrogen (secondary N) is 3. The molecule has 3 N–H and O–H groups in total. The number of rotatable bonds is 3. The van der Waals surface area contributed by atoms with Crippen LogP contribution in [0.3, 0.4) is 0 Å². The van der Waals surface area contributed by atoms with Crippen molar-refractivity contribution in [3.63, 3.8) is 0 Å². The molecule has 7 heteroatoms. The second-order valence-corrected chi connectivity index (χ2v) is 6.03. The lowest BCUT2D eigenvalue weighted by Crippen LogP contribution is -2.59. The number of hydrogen-bond donors (Lipinski definition) is 3. The van der Waals surface area contributed by atoms with Crippen molar-refractivity contribution in [1.82, 2.24) is 20.2 Å². The number of aryl methyl sites for hydroxylation is 2. The van der Waals surface area contributed by atoms with Crippen molar-refractivity contribution in [3.8, 4) is 0 Å². The number of benzene rings is 1. The second kappa shape index (κ2) is 6.74. The van der Waals surface area contributed by atoms with Crippen LogP contribution in [0.25, 0.3) is 0 Å². The summed E-state index contributed by atoms with van der Waals surface area (Å²) in [6.07, 6.45) is 3.64. The van der Waals surface area contributed by atoms with Crippen LogP contribution in [0.5, 0.6) is 0 Å². The van der Waals surface area contributed by atoms with Gasteiger partial charge < -0.3 is 20.5 Å². The smallest absolute Gasteiger partial charge is 0.322 e. The van der Waals surface area contributed by atoms with Crippen molar-refractivity contribution < 1.29 is 9.59 Å². The lowest BCUT2D eigenvalue weighted by atomic mass is 10.1. The van der Waals surface area contributed by atoms with Gasteiger partial charge in [0.2, 0.25) is 5.91 Å². The fourth-order valence-corrected chi connectivity index (χ4v) is 2.82. The van der Waals surface area contributed by atoms with Gasteiger partial charge in [0.25, 0.3) is 0 Å². The van der Waals surface area contributed by atoms with Gasteiger partial charge in [-0.15, -0.1) is 0 Å². The van der Waals surface area contributed by atoms with E-state index in [0.717, 1.165) is 22.5 Å². The van der Waals surface area contributed by atoms with Gasteiger partial charge >= 0.3 is 6.03 Å². The molecule has 1 saturated heterocycles. The predicted octanol–water partition coefficient (Wildman–Crippen LogP) is 1.60. The van der Waals surface area contributed by atoms with Gasteiger partial charge in [-0.25, -0.2) is 9.78 Å². The highest BCUT2D eigenvalue weighted by Gasteiger charge is 2.33. The van der Waals surface area contributed by atoms with Crippen LogP contribution in [0, 0.1) is 13.8 Å². The molecule has 2 aromatic rings. The van der Waals surface area contributed by atoms with E-state index < -0.39 is 6.04 Å². The molecule has 0 radical (unpaired) electrons. The molecule has 1 aliphatic heterocycles. The third-order valence-corrected chi connectivity index (χ3v) is 4.19. The molecule has 0 saturated carbocycles. The van der Waals surface area contributed by atoms with Crippen molar-refractivity contribution in [1.29, 1.82) is 0 Å². The van der Waals surface area contributed by atoms with Crippen molar-refractivity contribution in [2.45, 2.75) is 26.3 Å². The number of imidazole rings is 1. The van der Waals surface area contributed by atoms with Crippen LogP contribution < -0.4 is 10.6 Å². The van der Waals surface area contributed by atoms with Crippen LogP contribution in [0.1, 0.15) is 16.8 Å². The Kier molecular flexibility index (Phi) is 4.50. The molecule has 1 aromatic heterocycles. The Balaban J connectivity index is 1.78. The summed E-state index contributed by atoms with van der Waals surface area (Å²) < 4.78 is 0. The number of aromatic nitrogens is 2. The standard InChI is InChI=1S/C17H21N5O2/c1-11-3-4-12(2)14(7-11)21-17(24)22-6-5-19-16(23)15(22)8-13-9-18-10-20-13/h3-4,7,9-10,15H,5-6,8H2,1-2H3,(H,18,20)(H,19,23)(H,21,24)/t15-/m0/s1. The Morgan fingerprint density at radius 2 is 2.25 bits per heavy atom. The van der Waals surface area contributed by atoms with Crippen molar-refractivity contribution in [2.75, 3.05) is 18.4 Å². The van der Waals surface area contributed by atoms with Gasteiger partial charge in [0.1, 0.15) is 6.04 Å². The average Bonchev–Trinajstić information content (AvgIpc) is 3.06. The van der Waals surface area contributed by atoms with Gasteiger partial charge in [0.05, 0.1) is 6.33 Å². The zero-order chi connectivity index (χ0) is 17.1. The number of nitrogens with zero attached hydrogens (tertiary/aromatic N) is 2. The fourth-order valence-electron chi connectivity index (χ4n) is 2.82. The van der Waals surface area contributed by atoms with E-state index in [2.05, 4.69) is 20.6 Å². The Labute approximate surface area is 140 Å². The molecule has 0 spiro atoms. The van der Waals surface area contributed by atoms with E-state index >= 15 is 0 Å². The number of urea groups is 1. The maximum Gasteiger partial charge on any atom is 0.322 e. The minimum atomic E-state index is -0.552. The first kappa shape index (κ1) is 16.0. The van der Waals surface area contributed by atoms with E-state index in [4.69, 9.17) is 0 Å². The van der Waals surface area contributed by atoms with Gasteiger partial charge in [-0.2, -0.15) is 0 Å². The molecule has 1 aliphatic rings. The van der Waals surface area contributed by atoms with Crippen LogP contribution in [0.4, 0.5) is 10.5 Å². The number of H-pyrrole nitrogens is 1. The van der Waals surface area contributed by atoms with Crippen LogP contribution in [-0.2, 0) is 11.2 Å². The van der Waals surface area contributed by atoms with Crippen LogP contribution in [-0.4, -0.2) is 45.9 Å². The summed E-state index contributed by atoms with van der Waals surface area (Å²) in [4.78, 5) is 33.5. The fraction of sp³-hybridized carbons (Fsp3) is 0.353. The van der Waals surface area contributed by atoms with Gasteiger partial charge in [-0.1, -0.05) is 12.1 Å². The average molecular weight is 327 g/mol. The molecule has 126 valence electrons. The lowest BCUT2D eigenvalue weighted by Gasteiger charge is -2.35. The molecule has 1 fully saturated rings. The van der Waals surface area contributed by atoms with Crippen LogP contribution in [0.15, 0.2) is 30.7 Å². The third kappa shape index (κ3) is 3.40. The van der Waals surface area contributed by atoms with E-state index in [0.29, 0.717) is 19.5 Å². The quantitative estimate of drug-likeness (QED) is 0.800. The Morgan fingerprint density at radius 1 is 1.42 bits per heavy atom. The summed E-state index contributed by atoms with van der Waals surface area (Å²) in [7, 11) is 0. The van der Waals surface area contributed by atoms with Crippen LogP contribution >= 0.6 is 0 Å². The summed E-state index contributed by atoms with van der Waals surface area (Å²) in [5, 5.41) is 5.75. The van der Waals surface area contributed by atoms with Crippen LogP contribution in [0.2, 0.25) is 0 Å². The number of hydrogen-bond acceptors (Lipinski definition) is 3. The number of aromatic amines is 1. The molecule has 3 amide bonds. The molecule has 0 bridgehead atoms. The number of piperazine rings is 1. The third-order valence-electron chi connectivity index (χ3n) is 4.19. The number of carbonyl (C=O) groups is 2. The highest BCUT2D eigenvalue weighted by atomic mass is 16.2. The molecule has 3 rings (SSSR count). The Hall–Kier alpha value is -2.83. The van der Waals surface area contributed by atoms with Gasteiger partial charge in [0.15, 0.2) is 0 Å². The molecule has 1 aromatic carbocycles. The number of anilines is 1. The summed E-state index contributed by atoms with van der Waals surface area (Å²) in [5.41, 5.74) is 3.65. The Bertz CT molecular complexity index is 741. The van der Waals surface area contributed by atoms with E-state index in [1.807, 2.05) is 32.0 Å². The molecule has 7 nitrogen and oxygen atoms in total. The summed E-state index contributed by atoms with van der Waals surface area (Å²) in [6, 6.07) is 5.09. The first-order valence-electron chi connectivity index (χ1n) is 7.94. The molecule has 0 aliphatic carbocycles. The van der Waals surface area contributed by atoms with E-state index in [1.54, 1.807) is 17.4 Å². The molecular weight excluding hydrogens is 306 g/mol. The normalized spacial score (nSPS) is 17.5. The minimum absolute atomic E-state index is 0.146. The predicted molar refractivity (Wildman–Crippen MR) is 90.7 cm³/mol. The maximum absolute atomic E-state index is 12.7. The van der Waals surface area contributed by atoms with Crippen molar-refractivity contribution in [2.24, 2.45) is 0 Å². The number of amides is 3. The van der Waals surface area contributed by atoms with Gasteiger partial charge in [-0.3, -0.25) is 4.79 Å². The lowest BCUT2D eigenvalue weighted by molar-refractivity contribution is -0.127. The van der Waals surface area contributed by atoms with E-state index in [-0.39, 0.29) is 11.9 Å². The largest absolute Gasteiger partial charge is 0.353 e. The first-order chi connectivity index (χ1) is 11.5. The van der Waals surface area contributed by atoms with Gasteiger partial charge in [-0.05, 0) is 31.0 Å². The van der Waals surface area contributed by atoms with E-state index in [1.165, 1.54) is 0 Å². The maximum atomic E-state index is 12.7. The van der Waals surface area contributed by atoms with Gasteiger partial charge in [0, 0.05) is 37.1 Å². The number of carbonyl (C=O) groups excluding carboxylic acids is 2. The van der Waals surface area contributed by atoms with E-state index in [9.17, 15) is 9.59 Å². The molecule has 1 atom stereocenters. The highest BCUT2D eigenvalue weighted by Crippen LogP contribution is 2.18. The van der Waals surface area contributed by atoms with Crippen molar-refractivity contribution in [3.05, 3.63) is 47.5 Å². The molecular formula is C17H21N5O2.